The second kappa shape index (κ2) is 7.51. The van der Waals surface area contributed by atoms with Gasteiger partial charge in [0.05, 0.1) is 6.54 Å². The van der Waals surface area contributed by atoms with Gasteiger partial charge in [-0.2, -0.15) is 0 Å². The molecule has 3 nitrogen and oxygen atoms in total. The Hall–Kier alpha value is -0.800. The van der Waals surface area contributed by atoms with Crippen LogP contribution in [0.3, 0.4) is 0 Å². The predicted molar refractivity (Wildman–Crippen MR) is 69.9 cm³/mol. The molecule has 0 fully saturated rings. The maximum absolute atomic E-state index is 5.74. The monoisotopic (exact) mass is 239 g/mol. The molecule has 1 rings (SSSR count). The number of hydrogen-bond donors (Lipinski definition) is 1. The first-order valence-electron chi connectivity index (χ1n) is 6.50. The molecule has 0 radical (unpaired) electrons. The van der Waals surface area contributed by atoms with Crippen molar-refractivity contribution in [1.29, 1.82) is 0 Å². The molecule has 0 unspecified atom stereocenters. The Morgan fingerprint density at radius 1 is 1.41 bits per heavy atom. The highest BCUT2D eigenvalue weighted by Crippen LogP contribution is 2.15. The van der Waals surface area contributed by atoms with Crippen molar-refractivity contribution in [2.45, 2.75) is 47.3 Å². The largest absolute Gasteiger partial charge is 0.462 e. The van der Waals surface area contributed by atoms with E-state index >= 15 is 0 Å². The van der Waals surface area contributed by atoms with Crippen LogP contribution >= 0.6 is 0 Å². The SMILES string of the molecule is CCNCc1oc(COCCC(C)C)cc1C. The van der Waals surface area contributed by atoms with E-state index in [4.69, 9.17) is 9.15 Å². The van der Waals surface area contributed by atoms with Gasteiger partial charge in [-0.3, -0.25) is 0 Å². The molecule has 0 saturated carbocycles. The molecule has 0 aromatic carbocycles. The lowest BCUT2D eigenvalue weighted by Crippen LogP contribution is -2.11. The summed E-state index contributed by atoms with van der Waals surface area (Å²) in [6.07, 6.45) is 1.10. The first kappa shape index (κ1) is 14.3. The van der Waals surface area contributed by atoms with Gasteiger partial charge in [-0.1, -0.05) is 20.8 Å². The summed E-state index contributed by atoms with van der Waals surface area (Å²) in [7, 11) is 0. The van der Waals surface area contributed by atoms with E-state index in [1.54, 1.807) is 0 Å². The van der Waals surface area contributed by atoms with Crippen molar-refractivity contribution in [2.75, 3.05) is 13.2 Å². The van der Waals surface area contributed by atoms with Crippen LogP contribution in [0.25, 0.3) is 0 Å². The third kappa shape index (κ3) is 5.37. The zero-order chi connectivity index (χ0) is 12.7. The number of nitrogens with one attached hydrogen (secondary N) is 1. The molecule has 0 spiro atoms. The molecule has 0 aliphatic rings. The van der Waals surface area contributed by atoms with Crippen molar-refractivity contribution in [3.05, 3.63) is 23.2 Å². The van der Waals surface area contributed by atoms with Crippen molar-refractivity contribution in [2.24, 2.45) is 5.92 Å². The van der Waals surface area contributed by atoms with Gasteiger partial charge in [-0.25, -0.2) is 0 Å². The third-order valence-corrected chi connectivity index (χ3v) is 2.69. The highest BCUT2D eigenvalue weighted by Gasteiger charge is 2.07. The highest BCUT2D eigenvalue weighted by molar-refractivity contribution is 5.19. The Kier molecular flexibility index (Phi) is 6.30. The predicted octanol–water partition coefficient (Wildman–Crippen LogP) is 3.26. The topological polar surface area (TPSA) is 34.4 Å². The average molecular weight is 239 g/mol. The van der Waals surface area contributed by atoms with Gasteiger partial charge in [0.1, 0.15) is 18.1 Å². The van der Waals surface area contributed by atoms with Crippen LogP contribution in [0.15, 0.2) is 10.5 Å². The molecular formula is C14H25NO2. The molecule has 17 heavy (non-hydrogen) atoms. The van der Waals surface area contributed by atoms with E-state index in [1.807, 2.05) is 0 Å². The zero-order valence-electron chi connectivity index (χ0n) is 11.5. The van der Waals surface area contributed by atoms with Crippen molar-refractivity contribution < 1.29 is 9.15 Å². The normalized spacial score (nSPS) is 11.4. The quantitative estimate of drug-likeness (QED) is 0.707. The molecule has 3 heteroatoms. The summed E-state index contributed by atoms with van der Waals surface area (Å²) >= 11 is 0. The first-order valence-corrected chi connectivity index (χ1v) is 6.50. The molecule has 0 aliphatic carbocycles. The van der Waals surface area contributed by atoms with Gasteiger partial charge in [0.15, 0.2) is 0 Å². The van der Waals surface area contributed by atoms with Crippen LogP contribution in [0.1, 0.15) is 44.3 Å². The van der Waals surface area contributed by atoms with Crippen LogP contribution in [0.5, 0.6) is 0 Å². The summed E-state index contributed by atoms with van der Waals surface area (Å²) in [4.78, 5) is 0. The smallest absolute Gasteiger partial charge is 0.130 e. The minimum Gasteiger partial charge on any atom is -0.462 e. The van der Waals surface area contributed by atoms with Gasteiger partial charge in [-0.05, 0) is 37.4 Å². The fourth-order valence-electron chi connectivity index (χ4n) is 1.57. The van der Waals surface area contributed by atoms with Crippen LogP contribution in [0.2, 0.25) is 0 Å². The summed E-state index contributed by atoms with van der Waals surface area (Å²) in [5.41, 5.74) is 1.20. The van der Waals surface area contributed by atoms with Crippen LogP contribution in [0, 0.1) is 12.8 Å². The Morgan fingerprint density at radius 2 is 2.18 bits per heavy atom. The molecule has 1 aromatic rings. The number of furan rings is 1. The number of ether oxygens (including phenoxy) is 1. The van der Waals surface area contributed by atoms with Crippen LogP contribution in [-0.4, -0.2) is 13.2 Å². The lowest BCUT2D eigenvalue weighted by molar-refractivity contribution is 0.0960. The van der Waals surface area contributed by atoms with E-state index in [2.05, 4.69) is 39.1 Å². The molecule has 0 atom stereocenters. The van der Waals surface area contributed by atoms with Gasteiger partial charge in [-0.15, -0.1) is 0 Å². The van der Waals surface area contributed by atoms with E-state index in [0.717, 1.165) is 37.6 Å². The molecule has 1 heterocycles. The first-order chi connectivity index (χ1) is 8.13. The number of rotatable bonds is 8. The summed E-state index contributed by atoms with van der Waals surface area (Å²) in [5, 5.41) is 3.27. The van der Waals surface area contributed by atoms with E-state index in [1.165, 1.54) is 5.56 Å². The maximum atomic E-state index is 5.74. The fourth-order valence-corrected chi connectivity index (χ4v) is 1.57. The maximum Gasteiger partial charge on any atom is 0.130 e. The van der Waals surface area contributed by atoms with Gasteiger partial charge < -0.3 is 14.5 Å². The number of hydrogen-bond acceptors (Lipinski definition) is 3. The van der Waals surface area contributed by atoms with Crippen LogP contribution < -0.4 is 5.32 Å². The van der Waals surface area contributed by atoms with Crippen LogP contribution in [0.4, 0.5) is 0 Å². The van der Waals surface area contributed by atoms with Crippen LogP contribution in [-0.2, 0) is 17.9 Å². The lowest BCUT2D eigenvalue weighted by atomic mass is 10.1. The van der Waals surface area contributed by atoms with Crippen molar-refractivity contribution in [3.8, 4) is 0 Å². The molecule has 0 aliphatic heterocycles. The minimum atomic E-state index is 0.583. The molecular weight excluding hydrogens is 214 g/mol. The molecule has 0 amide bonds. The summed E-state index contributed by atoms with van der Waals surface area (Å²) < 4.78 is 11.3. The van der Waals surface area contributed by atoms with Gasteiger partial charge in [0.2, 0.25) is 0 Å². The Bertz CT molecular complexity index is 318. The Labute approximate surface area is 105 Å². The van der Waals surface area contributed by atoms with E-state index in [9.17, 15) is 0 Å². The molecule has 0 bridgehead atoms. The second-order valence-electron chi connectivity index (χ2n) is 4.83. The highest BCUT2D eigenvalue weighted by atomic mass is 16.5. The standard InChI is InChI=1S/C14H25NO2/c1-5-15-9-14-12(4)8-13(17-14)10-16-7-6-11(2)3/h8,11,15H,5-7,9-10H2,1-4H3. The lowest BCUT2D eigenvalue weighted by Gasteiger charge is -2.04. The molecule has 1 N–H and O–H groups in total. The Morgan fingerprint density at radius 3 is 2.82 bits per heavy atom. The van der Waals surface area contributed by atoms with Crippen molar-refractivity contribution >= 4 is 0 Å². The minimum absolute atomic E-state index is 0.583. The van der Waals surface area contributed by atoms with Crippen molar-refractivity contribution in [3.63, 3.8) is 0 Å². The third-order valence-electron chi connectivity index (χ3n) is 2.69. The number of aryl methyl sites for hydroxylation is 1. The molecule has 98 valence electrons. The van der Waals surface area contributed by atoms with E-state index < -0.39 is 0 Å². The van der Waals surface area contributed by atoms with Gasteiger partial charge in [0, 0.05) is 6.61 Å². The fraction of sp³-hybridized carbons (Fsp3) is 0.714. The molecule has 0 saturated heterocycles. The molecule has 1 aromatic heterocycles. The van der Waals surface area contributed by atoms with Gasteiger partial charge in [0.25, 0.3) is 0 Å². The zero-order valence-corrected chi connectivity index (χ0v) is 11.5. The summed E-state index contributed by atoms with van der Waals surface area (Å²) in [6.45, 7) is 11.7. The average Bonchev–Trinajstić information content (AvgIpc) is 2.62. The second-order valence-corrected chi connectivity index (χ2v) is 4.83. The van der Waals surface area contributed by atoms with Crippen molar-refractivity contribution in [1.82, 2.24) is 5.32 Å². The summed E-state index contributed by atoms with van der Waals surface area (Å²) in [5.74, 6) is 2.64. The van der Waals surface area contributed by atoms with E-state index in [0.29, 0.717) is 12.5 Å². The summed E-state index contributed by atoms with van der Waals surface area (Å²) in [6, 6.07) is 2.07. The Balaban J connectivity index is 2.33. The van der Waals surface area contributed by atoms with E-state index in [-0.39, 0.29) is 0 Å². The van der Waals surface area contributed by atoms with Gasteiger partial charge >= 0.3 is 0 Å².